The number of carbonyl (C=O) groups excluding carboxylic acids is 2. The van der Waals surface area contributed by atoms with E-state index in [-0.39, 0.29) is 17.8 Å². The molecule has 0 unspecified atom stereocenters. The Hall–Kier alpha value is -2.18. The van der Waals surface area contributed by atoms with Crippen molar-refractivity contribution in [3.8, 4) is 0 Å². The Bertz CT molecular complexity index is 504. The Morgan fingerprint density at radius 3 is 2.80 bits per heavy atom. The molecule has 0 spiro atoms. The Morgan fingerprint density at radius 1 is 1.50 bits per heavy atom. The second-order valence-electron chi connectivity index (χ2n) is 4.93. The van der Waals surface area contributed by atoms with Gasteiger partial charge in [0.25, 0.3) is 0 Å². The number of halogens is 1. The van der Waals surface area contributed by atoms with Crippen LogP contribution in [0.2, 0.25) is 0 Å². The molecule has 1 saturated heterocycles. The van der Waals surface area contributed by atoms with E-state index in [4.69, 9.17) is 0 Å². The zero-order valence-electron chi connectivity index (χ0n) is 11.4. The average molecular weight is 280 g/mol. The Labute approximate surface area is 116 Å². The van der Waals surface area contributed by atoms with E-state index in [0.29, 0.717) is 13.0 Å². The van der Waals surface area contributed by atoms with E-state index in [1.54, 1.807) is 4.90 Å². The maximum Gasteiger partial charge on any atom is 0.321 e. The van der Waals surface area contributed by atoms with Crippen molar-refractivity contribution in [3.05, 3.63) is 24.1 Å². The highest BCUT2D eigenvalue weighted by atomic mass is 19.1. The molecule has 0 bridgehead atoms. The number of carbonyl (C=O) groups is 2. The minimum absolute atomic E-state index is 0.0813. The molecule has 1 aliphatic heterocycles. The minimum Gasteiger partial charge on any atom is -0.338 e. The average Bonchev–Trinajstić information content (AvgIpc) is 2.74. The fourth-order valence-corrected chi connectivity index (χ4v) is 2.11. The third-order valence-electron chi connectivity index (χ3n) is 3.14. The van der Waals surface area contributed by atoms with Crippen LogP contribution in [0.3, 0.4) is 0 Å². The molecule has 1 atom stereocenters. The lowest BCUT2D eigenvalue weighted by molar-refractivity contribution is -0.130. The fraction of sp³-hybridized carbons (Fsp3) is 0.462. The predicted octanol–water partition coefficient (Wildman–Crippen LogP) is 1.35. The lowest BCUT2D eigenvalue weighted by Crippen LogP contribution is -2.44. The summed E-state index contributed by atoms with van der Waals surface area (Å²) in [5, 5.41) is 5.06. The summed E-state index contributed by atoms with van der Waals surface area (Å²) >= 11 is 0. The van der Waals surface area contributed by atoms with Gasteiger partial charge < -0.3 is 10.2 Å². The van der Waals surface area contributed by atoms with Crippen LogP contribution in [0.15, 0.2) is 18.3 Å². The summed E-state index contributed by atoms with van der Waals surface area (Å²) in [6.07, 6.45) is 1.60. The summed E-state index contributed by atoms with van der Waals surface area (Å²) in [6, 6.07) is 1.64. The van der Waals surface area contributed by atoms with Crippen molar-refractivity contribution in [2.45, 2.75) is 32.4 Å². The topological polar surface area (TPSA) is 74.3 Å². The number of amides is 3. The fourth-order valence-electron chi connectivity index (χ4n) is 2.11. The first-order chi connectivity index (χ1) is 9.47. The predicted molar refractivity (Wildman–Crippen MR) is 71.6 cm³/mol. The van der Waals surface area contributed by atoms with Gasteiger partial charge in [-0.2, -0.15) is 0 Å². The Kier molecular flexibility index (Phi) is 4.16. The van der Waals surface area contributed by atoms with E-state index in [0.717, 1.165) is 6.20 Å². The number of hydrogen-bond donors (Lipinski definition) is 2. The standard InChI is InChI=1S/C13H17FN4O2/c1-8(2)18-6-5-10(12(18)19)16-13(20)17-11-4-3-9(14)7-15-11/h3-4,7-8,10H,5-6H2,1-2H3,(H2,15,16,17,20)/t10-/m0/s1. The first-order valence-electron chi connectivity index (χ1n) is 6.47. The van der Waals surface area contributed by atoms with Gasteiger partial charge in [-0.15, -0.1) is 0 Å². The van der Waals surface area contributed by atoms with Crippen molar-refractivity contribution in [2.75, 3.05) is 11.9 Å². The van der Waals surface area contributed by atoms with Crippen LogP contribution in [0.4, 0.5) is 15.0 Å². The van der Waals surface area contributed by atoms with Crippen LogP contribution in [0, 0.1) is 5.82 Å². The molecular formula is C13H17FN4O2. The lowest BCUT2D eigenvalue weighted by atomic mass is 10.2. The van der Waals surface area contributed by atoms with Gasteiger partial charge in [0, 0.05) is 12.6 Å². The summed E-state index contributed by atoms with van der Waals surface area (Å²) < 4.78 is 12.7. The molecule has 6 nitrogen and oxygen atoms in total. The maximum atomic E-state index is 12.7. The van der Waals surface area contributed by atoms with Crippen LogP contribution in [-0.2, 0) is 4.79 Å². The van der Waals surface area contributed by atoms with Crippen molar-refractivity contribution in [1.29, 1.82) is 0 Å². The van der Waals surface area contributed by atoms with E-state index in [1.807, 2.05) is 13.8 Å². The van der Waals surface area contributed by atoms with Gasteiger partial charge in [0.2, 0.25) is 5.91 Å². The zero-order chi connectivity index (χ0) is 14.7. The minimum atomic E-state index is -0.520. The van der Waals surface area contributed by atoms with Gasteiger partial charge in [-0.05, 0) is 32.4 Å². The number of pyridine rings is 1. The van der Waals surface area contributed by atoms with Gasteiger partial charge >= 0.3 is 6.03 Å². The number of anilines is 1. The lowest BCUT2D eigenvalue weighted by Gasteiger charge is -2.21. The van der Waals surface area contributed by atoms with E-state index < -0.39 is 17.9 Å². The third kappa shape index (κ3) is 3.23. The Morgan fingerprint density at radius 2 is 2.25 bits per heavy atom. The van der Waals surface area contributed by atoms with Crippen molar-refractivity contribution < 1.29 is 14.0 Å². The summed E-state index contributed by atoms with van der Waals surface area (Å²) in [6.45, 7) is 4.50. The molecule has 20 heavy (non-hydrogen) atoms. The molecule has 2 rings (SSSR count). The van der Waals surface area contributed by atoms with E-state index in [9.17, 15) is 14.0 Å². The molecule has 1 aromatic heterocycles. The molecule has 0 radical (unpaired) electrons. The molecule has 2 heterocycles. The van der Waals surface area contributed by atoms with E-state index in [2.05, 4.69) is 15.6 Å². The van der Waals surface area contributed by atoms with Crippen molar-refractivity contribution >= 4 is 17.8 Å². The van der Waals surface area contributed by atoms with Gasteiger partial charge in [0.05, 0.1) is 6.20 Å². The molecule has 7 heteroatoms. The maximum absolute atomic E-state index is 12.7. The van der Waals surface area contributed by atoms with Gasteiger partial charge in [-0.3, -0.25) is 10.1 Å². The van der Waals surface area contributed by atoms with E-state index in [1.165, 1.54) is 12.1 Å². The van der Waals surface area contributed by atoms with Crippen LogP contribution in [0.5, 0.6) is 0 Å². The molecule has 1 aliphatic rings. The molecule has 1 aromatic rings. The molecule has 1 fully saturated rings. The normalized spacial score (nSPS) is 18.5. The van der Waals surface area contributed by atoms with Crippen molar-refractivity contribution in [2.24, 2.45) is 0 Å². The molecule has 0 aliphatic carbocycles. The Balaban J connectivity index is 1.89. The second-order valence-corrected chi connectivity index (χ2v) is 4.93. The largest absolute Gasteiger partial charge is 0.338 e. The highest BCUT2D eigenvalue weighted by Gasteiger charge is 2.33. The quantitative estimate of drug-likeness (QED) is 0.877. The van der Waals surface area contributed by atoms with Crippen LogP contribution >= 0.6 is 0 Å². The van der Waals surface area contributed by atoms with Crippen molar-refractivity contribution in [1.82, 2.24) is 15.2 Å². The van der Waals surface area contributed by atoms with Crippen LogP contribution in [0.1, 0.15) is 20.3 Å². The number of nitrogens with one attached hydrogen (secondary N) is 2. The monoisotopic (exact) mass is 280 g/mol. The first kappa shape index (κ1) is 14.2. The van der Waals surface area contributed by atoms with Crippen molar-refractivity contribution in [3.63, 3.8) is 0 Å². The highest BCUT2D eigenvalue weighted by Crippen LogP contribution is 2.14. The number of hydrogen-bond acceptors (Lipinski definition) is 3. The van der Waals surface area contributed by atoms with Gasteiger partial charge in [0.1, 0.15) is 17.7 Å². The molecular weight excluding hydrogens is 263 g/mol. The number of rotatable bonds is 3. The van der Waals surface area contributed by atoms with Crippen LogP contribution < -0.4 is 10.6 Å². The number of likely N-dealkylation sites (tertiary alicyclic amines) is 1. The van der Waals surface area contributed by atoms with Crippen LogP contribution in [0.25, 0.3) is 0 Å². The molecule has 0 saturated carbocycles. The third-order valence-corrected chi connectivity index (χ3v) is 3.14. The zero-order valence-corrected chi connectivity index (χ0v) is 11.4. The van der Waals surface area contributed by atoms with Gasteiger partial charge in [-0.25, -0.2) is 14.2 Å². The molecule has 2 N–H and O–H groups in total. The SMILES string of the molecule is CC(C)N1CC[C@H](NC(=O)Nc2ccc(F)cn2)C1=O. The molecule has 0 aromatic carbocycles. The summed E-state index contributed by atoms with van der Waals surface area (Å²) in [5.74, 6) is -0.327. The summed E-state index contributed by atoms with van der Waals surface area (Å²) in [4.78, 5) is 29.2. The number of nitrogens with zero attached hydrogens (tertiary/aromatic N) is 2. The summed E-state index contributed by atoms with van der Waals surface area (Å²) in [7, 11) is 0. The number of urea groups is 1. The van der Waals surface area contributed by atoms with Crippen LogP contribution in [-0.4, -0.2) is 40.5 Å². The molecule has 108 valence electrons. The van der Waals surface area contributed by atoms with Gasteiger partial charge in [0.15, 0.2) is 0 Å². The highest BCUT2D eigenvalue weighted by molar-refractivity contribution is 5.93. The molecule has 3 amide bonds. The second kappa shape index (κ2) is 5.85. The summed E-state index contributed by atoms with van der Waals surface area (Å²) in [5.41, 5.74) is 0. The van der Waals surface area contributed by atoms with Gasteiger partial charge in [-0.1, -0.05) is 0 Å². The smallest absolute Gasteiger partial charge is 0.321 e. The first-order valence-corrected chi connectivity index (χ1v) is 6.47. The van der Waals surface area contributed by atoms with E-state index >= 15 is 0 Å². The number of aromatic nitrogens is 1.